The van der Waals surface area contributed by atoms with Crippen molar-refractivity contribution in [1.29, 1.82) is 0 Å². The van der Waals surface area contributed by atoms with Gasteiger partial charge in [0, 0.05) is 43.2 Å². The highest BCUT2D eigenvalue weighted by Gasteiger charge is 2.31. The van der Waals surface area contributed by atoms with Crippen LogP contribution in [0.4, 0.5) is 5.69 Å². The predicted molar refractivity (Wildman–Crippen MR) is 108 cm³/mol. The molecule has 1 aliphatic heterocycles. The Balaban J connectivity index is 1.73. The Morgan fingerprint density at radius 1 is 1.28 bits per heavy atom. The summed E-state index contributed by atoms with van der Waals surface area (Å²) < 4.78 is 8.66. The minimum absolute atomic E-state index is 0.0806. The lowest BCUT2D eigenvalue weighted by Crippen LogP contribution is -2.50. The molecule has 2 aromatic heterocycles. The predicted octanol–water partition coefficient (Wildman–Crippen LogP) is 1.59. The van der Waals surface area contributed by atoms with Gasteiger partial charge in [0.2, 0.25) is 0 Å². The van der Waals surface area contributed by atoms with E-state index in [9.17, 15) is 14.7 Å². The van der Waals surface area contributed by atoms with Crippen LogP contribution >= 0.6 is 0 Å². The van der Waals surface area contributed by atoms with Crippen LogP contribution in [-0.2, 0) is 23.1 Å². The average Bonchev–Trinajstić information content (AvgIpc) is 3.18. The number of anilines is 1. The number of aromatic nitrogens is 3. The molecule has 0 spiro atoms. The van der Waals surface area contributed by atoms with Crippen molar-refractivity contribution in [2.75, 3.05) is 24.7 Å². The number of aryl methyl sites for hydroxylation is 1. The van der Waals surface area contributed by atoms with Gasteiger partial charge in [-0.05, 0) is 5.56 Å². The number of carboxylic acid groups (broad SMARTS) is 1. The van der Waals surface area contributed by atoms with Crippen LogP contribution in [0, 0.1) is 0 Å². The number of hydrogen-bond acceptors (Lipinski definition) is 5. The first-order chi connectivity index (χ1) is 14.0. The third kappa shape index (κ3) is 3.93. The fourth-order valence-electron chi connectivity index (χ4n) is 3.54. The first kappa shape index (κ1) is 18.9. The molecule has 0 saturated carbocycles. The zero-order valence-corrected chi connectivity index (χ0v) is 16.1. The largest absolute Gasteiger partial charge is 0.480 e. The lowest BCUT2D eigenvalue weighted by atomic mass is 10.1. The summed E-state index contributed by atoms with van der Waals surface area (Å²) in [5.41, 5.74) is 3.10. The van der Waals surface area contributed by atoms with Gasteiger partial charge in [0.05, 0.1) is 31.6 Å². The van der Waals surface area contributed by atoms with Crippen LogP contribution in [0.15, 0.2) is 59.8 Å². The molecule has 29 heavy (non-hydrogen) atoms. The molecule has 8 heteroatoms. The summed E-state index contributed by atoms with van der Waals surface area (Å²) in [5.74, 6) is -0.976. The average molecular weight is 394 g/mol. The van der Waals surface area contributed by atoms with E-state index >= 15 is 0 Å². The Morgan fingerprint density at radius 3 is 2.83 bits per heavy atom. The van der Waals surface area contributed by atoms with Crippen molar-refractivity contribution in [3.05, 3.63) is 70.9 Å². The number of aliphatic carboxylic acids is 1. The highest BCUT2D eigenvalue weighted by Crippen LogP contribution is 2.31. The van der Waals surface area contributed by atoms with Crippen molar-refractivity contribution in [2.24, 2.45) is 7.05 Å². The molecule has 1 N–H and O–H groups in total. The van der Waals surface area contributed by atoms with Gasteiger partial charge in [-0.1, -0.05) is 30.3 Å². The van der Waals surface area contributed by atoms with Gasteiger partial charge in [0.25, 0.3) is 5.56 Å². The molecular weight excluding hydrogens is 372 g/mol. The third-order valence-corrected chi connectivity index (χ3v) is 5.06. The molecule has 4 rings (SSSR count). The van der Waals surface area contributed by atoms with Crippen molar-refractivity contribution in [1.82, 2.24) is 14.3 Å². The molecule has 3 aromatic rings. The number of pyridine rings is 1. The maximum atomic E-state index is 12.3. The second kappa shape index (κ2) is 7.92. The third-order valence-electron chi connectivity index (χ3n) is 5.06. The lowest BCUT2D eigenvalue weighted by Gasteiger charge is -2.35. The molecule has 1 aliphatic rings. The Morgan fingerprint density at radius 2 is 2.07 bits per heavy atom. The van der Waals surface area contributed by atoms with E-state index in [4.69, 9.17) is 4.74 Å². The minimum Gasteiger partial charge on any atom is -0.480 e. The number of hydrogen-bond donors (Lipinski definition) is 1. The van der Waals surface area contributed by atoms with E-state index in [1.807, 2.05) is 41.2 Å². The monoisotopic (exact) mass is 394 g/mol. The number of ether oxygens (including phenoxy) is 1. The van der Waals surface area contributed by atoms with Gasteiger partial charge in [0.15, 0.2) is 6.04 Å². The fraction of sp³-hybridized carbons (Fsp3) is 0.286. The zero-order valence-electron chi connectivity index (χ0n) is 16.1. The minimum atomic E-state index is -0.976. The standard InChI is InChI=1S/C21H22N4O4/c1-23-13-17(16-10-22-24(12-16)11-15-5-3-2-4-6-15)18(9-20(23)26)25-7-8-29-14-19(25)21(27)28/h2-6,9-10,12-13,19H,7-8,11,14H2,1H3,(H,27,28)/t19-/m1/s1. The molecule has 1 fully saturated rings. The highest BCUT2D eigenvalue weighted by atomic mass is 16.5. The summed E-state index contributed by atoms with van der Waals surface area (Å²) in [6, 6.07) is 10.6. The first-order valence-electron chi connectivity index (χ1n) is 9.37. The van der Waals surface area contributed by atoms with Crippen molar-refractivity contribution in [3.8, 4) is 11.1 Å². The summed E-state index contributed by atoms with van der Waals surface area (Å²) in [6.07, 6.45) is 5.38. The van der Waals surface area contributed by atoms with Crippen molar-refractivity contribution < 1.29 is 14.6 Å². The van der Waals surface area contributed by atoms with E-state index in [1.54, 1.807) is 24.3 Å². The van der Waals surface area contributed by atoms with Crippen LogP contribution in [0.25, 0.3) is 11.1 Å². The second-order valence-corrected chi connectivity index (χ2v) is 7.06. The van der Waals surface area contributed by atoms with Crippen LogP contribution in [0.3, 0.4) is 0 Å². The van der Waals surface area contributed by atoms with Crippen LogP contribution < -0.4 is 10.5 Å². The van der Waals surface area contributed by atoms with E-state index in [2.05, 4.69) is 5.10 Å². The van der Waals surface area contributed by atoms with Gasteiger partial charge in [0.1, 0.15) is 0 Å². The van der Waals surface area contributed by atoms with Crippen molar-refractivity contribution in [3.63, 3.8) is 0 Å². The first-order valence-corrected chi connectivity index (χ1v) is 9.37. The Bertz CT molecular complexity index is 1070. The molecule has 150 valence electrons. The number of benzene rings is 1. The maximum absolute atomic E-state index is 12.3. The van der Waals surface area contributed by atoms with E-state index in [0.717, 1.165) is 16.7 Å². The summed E-state index contributed by atoms with van der Waals surface area (Å²) >= 11 is 0. The van der Waals surface area contributed by atoms with E-state index in [-0.39, 0.29) is 12.2 Å². The molecule has 0 radical (unpaired) electrons. The number of nitrogens with zero attached hydrogens (tertiary/aromatic N) is 4. The van der Waals surface area contributed by atoms with Crippen LogP contribution in [0.1, 0.15) is 5.56 Å². The molecule has 0 unspecified atom stereocenters. The number of carboxylic acids is 1. The van der Waals surface area contributed by atoms with Crippen LogP contribution in [0.2, 0.25) is 0 Å². The highest BCUT2D eigenvalue weighted by molar-refractivity contribution is 5.84. The molecule has 1 saturated heterocycles. The normalized spacial score (nSPS) is 16.7. The Kier molecular flexibility index (Phi) is 5.18. The second-order valence-electron chi connectivity index (χ2n) is 7.06. The van der Waals surface area contributed by atoms with Gasteiger partial charge >= 0.3 is 5.97 Å². The number of carbonyl (C=O) groups is 1. The summed E-state index contributed by atoms with van der Waals surface area (Å²) in [6.45, 7) is 1.51. The van der Waals surface area contributed by atoms with Gasteiger partial charge in [-0.25, -0.2) is 4.79 Å². The van der Waals surface area contributed by atoms with Crippen LogP contribution in [0.5, 0.6) is 0 Å². The van der Waals surface area contributed by atoms with E-state index < -0.39 is 12.0 Å². The summed E-state index contributed by atoms with van der Waals surface area (Å²) in [7, 11) is 1.68. The molecule has 1 atom stereocenters. The van der Waals surface area contributed by atoms with Gasteiger partial charge in [-0.3, -0.25) is 9.48 Å². The number of rotatable bonds is 5. The van der Waals surface area contributed by atoms with E-state index in [0.29, 0.717) is 25.4 Å². The molecule has 0 aliphatic carbocycles. The van der Waals surface area contributed by atoms with Gasteiger partial charge in [-0.15, -0.1) is 0 Å². The molecule has 0 bridgehead atoms. The number of morpholine rings is 1. The topological polar surface area (TPSA) is 89.6 Å². The summed E-state index contributed by atoms with van der Waals surface area (Å²) in [5, 5.41) is 14.1. The van der Waals surface area contributed by atoms with Crippen LogP contribution in [-0.4, -0.2) is 51.2 Å². The zero-order chi connectivity index (χ0) is 20.4. The lowest BCUT2D eigenvalue weighted by molar-refractivity contribution is -0.141. The van der Waals surface area contributed by atoms with E-state index in [1.165, 1.54) is 10.6 Å². The smallest absolute Gasteiger partial charge is 0.328 e. The van der Waals surface area contributed by atoms with Gasteiger partial charge in [-0.2, -0.15) is 5.10 Å². The maximum Gasteiger partial charge on any atom is 0.328 e. The molecule has 0 amide bonds. The van der Waals surface area contributed by atoms with Gasteiger partial charge < -0.3 is 19.3 Å². The quantitative estimate of drug-likeness (QED) is 0.707. The summed E-state index contributed by atoms with van der Waals surface area (Å²) in [4.78, 5) is 25.8. The molecular formula is C21H22N4O4. The SMILES string of the molecule is Cn1cc(-c2cnn(Cc3ccccc3)c2)c(N2CCOC[C@@H]2C(=O)O)cc1=O. The fourth-order valence-corrected chi connectivity index (χ4v) is 3.54. The molecule has 8 nitrogen and oxygen atoms in total. The van der Waals surface area contributed by atoms with Crippen molar-refractivity contribution >= 4 is 11.7 Å². The Labute approximate surface area is 167 Å². The van der Waals surface area contributed by atoms with Crippen molar-refractivity contribution in [2.45, 2.75) is 12.6 Å². The Hall–Kier alpha value is -3.39. The molecule has 3 heterocycles. The molecule has 1 aromatic carbocycles.